The molecule has 5 amide bonds. The molecular weight excluding hydrogens is 737 g/mol. The Morgan fingerprint density at radius 1 is 1.02 bits per heavy atom. The van der Waals surface area contributed by atoms with Crippen LogP contribution in [0.4, 0.5) is 4.79 Å². The van der Waals surface area contributed by atoms with E-state index in [0.29, 0.717) is 11.3 Å². The molecule has 304 valence electrons. The van der Waals surface area contributed by atoms with Crippen LogP contribution in [0, 0.1) is 12.3 Å². The second-order valence-corrected chi connectivity index (χ2v) is 17.2. The molecular formula is C41H56N6O8S. The summed E-state index contributed by atoms with van der Waals surface area (Å²) in [5.74, 6) is -1.37. The Bertz CT molecular complexity index is 1850. The highest BCUT2D eigenvalue weighted by atomic mass is 32.1. The fourth-order valence-electron chi connectivity index (χ4n) is 6.34. The third-order valence-electron chi connectivity index (χ3n) is 9.23. The number of aliphatic hydroxyl groups excluding tert-OH is 1. The molecule has 1 aromatic heterocycles. The van der Waals surface area contributed by atoms with Gasteiger partial charge in [-0.1, -0.05) is 57.2 Å². The van der Waals surface area contributed by atoms with Gasteiger partial charge >= 0.3 is 6.09 Å². The van der Waals surface area contributed by atoms with E-state index in [1.54, 1.807) is 61.9 Å². The first-order valence-corrected chi connectivity index (χ1v) is 19.7. The standard InChI is InChI=1S/C41H56N6O8S/c1-24(27-12-14-28(15-13-27)35-25(2)43-23-56-35)44-37(51)32-20-30(48)21-47(32)38(52)36(40(3,4)5)46-34(50)19-26-10-9-11-31(18-26)54-22-29(16-17-33(42)49)45-39(53)55-41(6,7)8/h9-15,18,23-24,29-30,32,36,48H,16-17,19-22H2,1-8H3,(H2,42,49)(H,44,51)(H,45,53)(H,46,50)/t24-,29-,30+,32-,36+/m0/s1. The van der Waals surface area contributed by atoms with Crippen molar-refractivity contribution in [3.05, 3.63) is 70.9 Å². The molecule has 0 aliphatic carbocycles. The molecule has 0 bridgehead atoms. The van der Waals surface area contributed by atoms with Gasteiger partial charge in [0.2, 0.25) is 23.6 Å². The molecule has 1 saturated heterocycles. The van der Waals surface area contributed by atoms with Crippen molar-refractivity contribution in [1.82, 2.24) is 25.8 Å². The van der Waals surface area contributed by atoms with Crippen LogP contribution in [-0.2, 0) is 30.3 Å². The summed E-state index contributed by atoms with van der Waals surface area (Å²) in [5.41, 5.74) is 9.16. The Balaban J connectivity index is 1.39. The minimum atomic E-state index is -1.000. The van der Waals surface area contributed by atoms with Crippen LogP contribution < -0.4 is 26.4 Å². The molecule has 1 aliphatic rings. The molecule has 2 aromatic carbocycles. The number of ether oxygens (including phenoxy) is 2. The van der Waals surface area contributed by atoms with Gasteiger partial charge in [-0.2, -0.15) is 0 Å². The van der Waals surface area contributed by atoms with Crippen LogP contribution in [0.2, 0.25) is 0 Å². The number of carbonyl (C=O) groups excluding carboxylic acids is 5. The van der Waals surface area contributed by atoms with E-state index >= 15 is 0 Å². The molecule has 4 rings (SSSR count). The zero-order valence-electron chi connectivity index (χ0n) is 33.5. The van der Waals surface area contributed by atoms with Gasteiger partial charge in [0.15, 0.2) is 0 Å². The molecule has 0 spiro atoms. The highest BCUT2D eigenvalue weighted by Crippen LogP contribution is 2.30. The van der Waals surface area contributed by atoms with Crippen molar-refractivity contribution in [3.8, 4) is 16.2 Å². The number of β-amino-alcohol motifs (C(OH)–C–C–N with tert-alkyl or cyclic N) is 1. The lowest BCUT2D eigenvalue weighted by Crippen LogP contribution is -2.58. The number of hydrogen-bond donors (Lipinski definition) is 5. The lowest BCUT2D eigenvalue weighted by atomic mass is 9.85. The number of primary amides is 1. The van der Waals surface area contributed by atoms with E-state index in [2.05, 4.69) is 20.9 Å². The number of aliphatic hydroxyl groups is 1. The number of likely N-dealkylation sites (tertiary alicyclic amines) is 1. The summed E-state index contributed by atoms with van der Waals surface area (Å²) >= 11 is 1.56. The maximum atomic E-state index is 14.2. The number of amides is 5. The van der Waals surface area contributed by atoms with Gasteiger partial charge < -0.3 is 41.2 Å². The number of nitrogens with one attached hydrogen (secondary N) is 3. The monoisotopic (exact) mass is 792 g/mol. The molecule has 0 saturated carbocycles. The predicted octanol–water partition coefficient (Wildman–Crippen LogP) is 4.57. The normalized spacial score (nSPS) is 17.3. The summed E-state index contributed by atoms with van der Waals surface area (Å²) < 4.78 is 11.3. The Labute approximate surface area is 332 Å². The smallest absolute Gasteiger partial charge is 0.407 e. The maximum Gasteiger partial charge on any atom is 0.407 e. The molecule has 1 aliphatic heterocycles. The molecule has 0 radical (unpaired) electrons. The van der Waals surface area contributed by atoms with Crippen LogP contribution in [0.1, 0.15) is 90.6 Å². The van der Waals surface area contributed by atoms with Crippen molar-refractivity contribution in [2.24, 2.45) is 11.1 Å². The van der Waals surface area contributed by atoms with Crippen LogP contribution >= 0.6 is 11.3 Å². The largest absolute Gasteiger partial charge is 0.491 e. The summed E-state index contributed by atoms with van der Waals surface area (Å²) in [6.07, 6.45) is -1.30. The van der Waals surface area contributed by atoms with Crippen molar-refractivity contribution < 1.29 is 38.6 Å². The van der Waals surface area contributed by atoms with E-state index in [9.17, 15) is 29.1 Å². The number of carbonyl (C=O) groups is 5. The van der Waals surface area contributed by atoms with Gasteiger partial charge in [0.05, 0.1) is 40.7 Å². The number of thiazole rings is 1. The second-order valence-electron chi connectivity index (χ2n) is 16.4. The van der Waals surface area contributed by atoms with Crippen molar-refractivity contribution in [3.63, 3.8) is 0 Å². The summed E-state index contributed by atoms with van der Waals surface area (Å²) in [7, 11) is 0. The Kier molecular flexibility index (Phi) is 14.6. The number of aryl methyl sites for hydroxylation is 1. The van der Waals surface area contributed by atoms with E-state index in [1.807, 2.05) is 58.9 Å². The molecule has 1 fully saturated rings. The molecule has 0 unspecified atom stereocenters. The van der Waals surface area contributed by atoms with E-state index in [4.69, 9.17) is 15.2 Å². The Morgan fingerprint density at radius 3 is 2.32 bits per heavy atom. The average Bonchev–Trinajstić information content (AvgIpc) is 3.72. The molecule has 2 heterocycles. The number of hydrogen-bond acceptors (Lipinski definition) is 10. The first-order valence-electron chi connectivity index (χ1n) is 18.8. The van der Waals surface area contributed by atoms with Gasteiger partial charge in [0.25, 0.3) is 0 Å². The maximum absolute atomic E-state index is 14.2. The summed E-state index contributed by atoms with van der Waals surface area (Å²) in [4.78, 5) is 71.9. The molecule has 5 atom stereocenters. The Hall–Kier alpha value is -5.02. The van der Waals surface area contributed by atoms with Crippen LogP contribution in [-0.4, -0.2) is 87.7 Å². The van der Waals surface area contributed by atoms with E-state index < -0.39 is 65.0 Å². The number of alkyl carbamates (subject to hydrolysis) is 1. The predicted molar refractivity (Wildman–Crippen MR) is 214 cm³/mol. The minimum absolute atomic E-state index is 0.0114. The van der Waals surface area contributed by atoms with E-state index in [-0.39, 0.29) is 44.9 Å². The second kappa shape index (κ2) is 18.7. The first-order chi connectivity index (χ1) is 26.2. The first kappa shape index (κ1) is 43.7. The molecule has 15 heteroatoms. The fraction of sp³-hybridized carbons (Fsp3) is 0.512. The summed E-state index contributed by atoms with van der Waals surface area (Å²) in [5, 5.41) is 19.3. The summed E-state index contributed by atoms with van der Waals surface area (Å²) in [6.45, 7) is 14.5. The summed E-state index contributed by atoms with van der Waals surface area (Å²) in [6, 6.07) is 11.9. The van der Waals surface area contributed by atoms with Crippen LogP contribution in [0.3, 0.4) is 0 Å². The molecule has 3 aromatic rings. The number of aromatic nitrogens is 1. The number of nitrogens with zero attached hydrogens (tertiary/aromatic N) is 2. The topological polar surface area (TPSA) is 202 Å². The SMILES string of the molecule is Cc1ncsc1-c1ccc([C@H](C)NC(=O)[C@@H]2C[C@@H](O)CN2C(=O)[C@@H](NC(=O)Cc2cccc(OC[C@H](CCC(N)=O)NC(=O)OC(C)(C)C)c2)C(C)(C)C)cc1. The third kappa shape index (κ3) is 12.8. The van der Waals surface area contributed by atoms with Gasteiger partial charge in [-0.25, -0.2) is 9.78 Å². The molecule has 6 N–H and O–H groups in total. The van der Waals surface area contributed by atoms with Crippen molar-refractivity contribution in [2.45, 2.75) is 117 Å². The van der Waals surface area contributed by atoms with Crippen molar-refractivity contribution in [2.75, 3.05) is 13.2 Å². The fourth-order valence-corrected chi connectivity index (χ4v) is 7.15. The third-order valence-corrected chi connectivity index (χ3v) is 10.2. The van der Waals surface area contributed by atoms with Crippen molar-refractivity contribution >= 4 is 41.1 Å². The molecule has 14 nitrogen and oxygen atoms in total. The minimum Gasteiger partial charge on any atom is -0.491 e. The quantitative estimate of drug-likeness (QED) is 0.146. The van der Waals surface area contributed by atoms with Crippen molar-refractivity contribution in [1.29, 1.82) is 0 Å². The van der Waals surface area contributed by atoms with Crippen LogP contribution in [0.5, 0.6) is 5.75 Å². The highest BCUT2D eigenvalue weighted by molar-refractivity contribution is 7.13. The number of rotatable bonds is 15. The average molecular weight is 793 g/mol. The molecule has 56 heavy (non-hydrogen) atoms. The van der Waals surface area contributed by atoms with Gasteiger partial charge in [-0.05, 0) is 75.3 Å². The zero-order valence-corrected chi connectivity index (χ0v) is 34.3. The van der Waals surface area contributed by atoms with Gasteiger partial charge in [-0.3, -0.25) is 19.2 Å². The van der Waals surface area contributed by atoms with Crippen LogP contribution in [0.25, 0.3) is 10.4 Å². The van der Waals surface area contributed by atoms with E-state index in [0.717, 1.165) is 21.7 Å². The Morgan fingerprint density at radius 2 is 1.71 bits per heavy atom. The number of nitrogens with two attached hydrogens (primary N) is 1. The van der Waals surface area contributed by atoms with Crippen LogP contribution in [0.15, 0.2) is 54.0 Å². The zero-order chi connectivity index (χ0) is 41.4. The van der Waals surface area contributed by atoms with Gasteiger partial charge in [-0.15, -0.1) is 11.3 Å². The lowest BCUT2D eigenvalue weighted by molar-refractivity contribution is -0.144. The van der Waals surface area contributed by atoms with Gasteiger partial charge in [0, 0.05) is 19.4 Å². The number of benzene rings is 2. The lowest BCUT2D eigenvalue weighted by Gasteiger charge is -2.35. The van der Waals surface area contributed by atoms with E-state index in [1.165, 1.54) is 4.90 Å². The highest BCUT2D eigenvalue weighted by Gasteiger charge is 2.44. The van der Waals surface area contributed by atoms with Gasteiger partial charge in [0.1, 0.15) is 30.0 Å².